The van der Waals surface area contributed by atoms with Crippen LogP contribution in [0.2, 0.25) is 0 Å². The number of imidazole rings is 1. The minimum absolute atomic E-state index is 0.306. The van der Waals surface area contributed by atoms with Crippen LogP contribution in [0, 0.1) is 0 Å². The fraction of sp³-hybridized carbons (Fsp3) is 0.400. The summed E-state index contributed by atoms with van der Waals surface area (Å²) < 4.78 is 1.79. The fourth-order valence-electron chi connectivity index (χ4n) is 2.07. The SMILES string of the molecule is O=Cc1c(N2CCC(O)C2)nc2sccn12. The number of anilines is 1. The quantitative estimate of drug-likeness (QED) is 0.784. The van der Waals surface area contributed by atoms with Crippen molar-refractivity contribution in [3.8, 4) is 0 Å². The van der Waals surface area contributed by atoms with Gasteiger partial charge in [0.25, 0.3) is 0 Å². The highest BCUT2D eigenvalue weighted by Gasteiger charge is 2.25. The molecule has 1 saturated heterocycles. The Hall–Kier alpha value is -1.40. The molecule has 0 bridgehead atoms. The number of aliphatic hydroxyl groups excluding tert-OH is 1. The number of nitrogens with zero attached hydrogens (tertiary/aromatic N) is 3. The molecule has 84 valence electrons. The molecule has 1 aliphatic rings. The van der Waals surface area contributed by atoms with Crippen molar-refractivity contribution in [1.29, 1.82) is 0 Å². The molecule has 5 nitrogen and oxygen atoms in total. The van der Waals surface area contributed by atoms with Gasteiger partial charge in [0.05, 0.1) is 6.10 Å². The minimum Gasteiger partial charge on any atom is -0.391 e. The molecule has 1 fully saturated rings. The summed E-state index contributed by atoms with van der Waals surface area (Å²) in [4.78, 5) is 18.3. The van der Waals surface area contributed by atoms with Crippen LogP contribution in [0.4, 0.5) is 5.82 Å². The van der Waals surface area contributed by atoms with Crippen LogP contribution in [0.15, 0.2) is 11.6 Å². The lowest BCUT2D eigenvalue weighted by atomic mass is 10.3. The normalized spacial score (nSPS) is 20.8. The first-order valence-corrected chi connectivity index (χ1v) is 6.01. The highest BCUT2D eigenvalue weighted by molar-refractivity contribution is 7.15. The highest BCUT2D eigenvalue weighted by atomic mass is 32.1. The van der Waals surface area contributed by atoms with E-state index in [-0.39, 0.29) is 6.10 Å². The van der Waals surface area contributed by atoms with Crippen molar-refractivity contribution in [1.82, 2.24) is 9.38 Å². The second-order valence-corrected chi connectivity index (χ2v) is 4.76. The zero-order valence-electron chi connectivity index (χ0n) is 8.54. The van der Waals surface area contributed by atoms with Crippen LogP contribution in [0.25, 0.3) is 4.96 Å². The van der Waals surface area contributed by atoms with Crippen molar-refractivity contribution in [3.05, 3.63) is 17.3 Å². The van der Waals surface area contributed by atoms with E-state index in [0.717, 1.165) is 24.2 Å². The summed E-state index contributed by atoms with van der Waals surface area (Å²) in [6.45, 7) is 1.32. The first-order valence-electron chi connectivity index (χ1n) is 5.13. The Labute approximate surface area is 95.9 Å². The third-order valence-electron chi connectivity index (χ3n) is 2.85. The van der Waals surface area contributed by atoms with E-state index in [1.807, 2.05) is 16.5 Å². The first kappa shape index (κ1) is 9.80. The number of hydrogen-bond acceptors (Lipinski definition) is 5. The lowest BCUT2D eigenvalue weighted by Crippen LogP contribution is -2.22. The Balaban J connectivity index is 2.08. The lowest BCUT2D eigenvalue weighted by Gasteiger charge is -2.14. The van der Waals surface area contributed by atoms with E-state index in [2.05, 4.69) is 4.98 Å². The van der Waals surface area contributed by atoms with Crippen molar-refractivity contribution >= 4 is 28.4 Å². The third-order valence-corrected chi connectivity index (χ3v) is 3.61. The van der Waals surface area contributed by atoms with Gasteiger partial charge >= 0.3 is 0 Å². The molecule has 2 aromatic rings. The number of carbonyl (C=O) groups excluding carboxylic acids is 1. The number of fused-ring (bicyclic) bond motifs is 1. The number of β-amino-alcohol motifs (C(OH)–C–C–N with tert-alkyl or cyclic N) is 1. The van der Waals surface area contributed by atoms with Gasteiger partial charge in [-0.15, -0.1) is 11.3 Å². The van der Waals surface area contributed by atoms with Gasteiger partial charge < -0.3 is 10.0 Å². The van der Waals surface area contributed by atoms with Gasteiger partial charge in [-0.05, 0) is 6.42 Å². The number of aliphatic hydroxyl groups is 1. The minimum atomic E-state index is -0.306. The molecular weight excluding hydrogens is 226 g/mol. The standard InChI is InChI=1S/C10H11N3O2S/c14-6-8-9(12-2-1-7(15)5-12)11-10-13(8)3-4-16-10/h3-4,6-7,15H,1-2,5H2. The third kappa shape index (κ3) is 1.34. The van der Waals surface area contributed by atoms with Crippen LogP contribution in [-0.2, 0) is 0 Å². The molecule has 0 amide bonds. The molecule has 16 heavy (non-hydrogen) atoms. The van der Waals surface area contributed by atoms with Crippen LogP contribution in [-0.4, -0.2) is 40.0 Å². The number of rotatable bonds is 2. The molecule has 1 unspecified atom stereocenters. The molecule has 0 aliphatic carbocycles. The van der Waals surface area contributed by atoms with E-state index in [9.17, 15) is 9.90 Å². The van der Waals surface area contributed by atoms with E-state index in [0.29, 0.717) is 18.1 Å². The number of aldehydes is 1. The van der Waals surface area contributed by atoms with Gasteiger partial charge in [-0.25, -0.2) is 4.98 Å². The van der Waals surface area contributed by atoms with Crippen molar-refractivity contribution < 1.29 is 9.90 Å². The van der Waals surface area contributed by atoms with Crippen LogP contribution in [0.5, 0.6) is 0 Å². The van der Waals surface area contributed by atoms with E-state index in [1.165, 1.54) is 11.3 Å². The van der Waals surface area contributed by atoms with Crippen LogP contribution in [0.3, 0.4) is 0 Å². The molecular formula is C10H11N3O2S. The Morgan fingerprint density at radius 1 is 1.62 bits per heavy atom. The molecule has 1 aliphatic heterocycles. The Morgan fingerprint density at radius 2 is 2.50 bits per heavy atom. The zero-order chi connectivity index (χ0) is 11.1. The van der Waals surface area contributed by atoms with Crippen molar-refractivity contribution in [2.45, 2.75) is 12.5 Å². The number of aromatic nitrogens is 2. The van der Waals surface area contributed by atoms with E-state index >= 15 is 0 Å². The smallest absolute Gasteiger partial charge is 0.196 e. The van der Waals surface area contributed by atoms with Gasteiger partial charge in [0.2, 0.25) is 0 Å². The molecule has 3 rings (SSSR count). The molecule has 1 atom stereocenters. The van der Waals surface area contributed by atoms with Crippen LogP contribution in [0.1, 0.15) is 16.9 Å². The topological polar surface area (TPSA) is 57.8 Å². The molecule has 0 saturated carbocycles. The van der Waals surface area contributed by atoms with Gasteiger partial charge in [-0.2, -0.15) is 0 Å². The van der Waals surface area contributed by atoms with Gasteiger partial charge in [0.1, 0.15) is 5.69 Å². The summed E-state index contributed by atoms with van der Waals surface area (Å²) in [7, 11) is 0. The van der Waals surface area contributed by atoms with Gasteiger partial charge in [0, 0.05) is 24.7 Å². The summed E-state index contributed by atoms with van der Waals surface area (Å²) >= 11 is 1.50. The van der Waals surface area contributed by atoms with Gasteiger partial charge in [-0.1, -0.05) is 0 Å². The van der Waals surface area contributed by atoms with Gasteiger partial charge in [-0.3, -0.25) is 9.20 Å². The van der Waals surface area contributed by atoms with Crippen LogP contribution >= 0.6 is 11.3 Å². The van der Waals surface area contributed by atoms with E-state index < -0.39 is 0 Å². The largest absolute Gasteiger partial charge is 0.391 e. The number of carbonyl (C=O) groups is 1. The first-order chi connectivity index (χ1) is 7.79. The summed E-state index contributed by atoms with van der Waals surface area (Å²) in [6.07, 6.45) is 3.10. The summed E-state index contributed by atoms with van der Waals surface area (Å²) in [5.74, 6) is 0.693. The average molecular weight is 237 g/mol. The van der Waals surface area contributed by atoms with Crippen molar-refractivity contribution in [2.24, 2.45) is 0 Å². The van der Waals surface area contributed by atoms with Crippen molar-refractivity contribution in [2.75, 3.05) is 18.0 Å². The Kier molecular flexibility index (Phi) is 2.19. The lowest BCUT2D eigenvalue weighted by molar-refractivity contribution is 0.111. The fourth-order valence-corrected chi connectivity index (χ4v) is 2.78. The maximum absolute atomic E-state index is 11.1. The second kappa shape index (κ2) is 3.57. The molecule has 1 N–H and O–H groups in total. The molecule has 0 spiro atoms. The molecule has 0 aromatic carbocycles. The monoisotopic (exact) mass is 237 g/mol. The predicted molar refractivity (Wildman–Crippen MR) is 61.3 cm³/mol. The molecule has 2 aromatic heterocycles. The van der Waals surface area contributed by atoms with Crippen LogP contribution < -0.4 is 4.90 Å². The Morgan fingerprint density at radius 3 is 3.19 bits per heavy atom. The summed E-state index contributed by atoms with van der Waals surface area (Å²) in [6, 6.07) is 0. The molecule has 0 radical (unpaired) electrons. The highest BCUT2D eigenvalue weighted by Crippen LogP contribution is 2.26. The average Bonchev–Trinajstić information content (AvgIpc) is 2.90. The molecule has 6 heteroatoms. The number of hydrogen-bond donors (Lipinski definition) is 1. The zero-order valence-corrected chi connectivity index (χ0v) is 9.35. The Bertz CT molecular complexity index is 533. The summed E-state index contributed by atoms with van der Waals surface area (Å²) in [5, 5.41) is 11.4. The van der Waals surface area contributed by atoms with Gasteiger partial charge in [0.15, 0.2) is 17.1 Å². The van der Waals surface area contributed by atoms with Crippen molar-refractivity contribution in [3.63, 3.8) is 0 Å². The second-order valence-electron chi connectivity index (χ2n) is 3.88. The summed E-state index contributed by atoms with van der Waals surface area (Å²) in [5.41, 5.74) is 0.574. The maximum Gasteiger partial charge on any atom is 0.196 e. The maximum atomic E-state index is 11.1. The van der Waals surface area contributed by atoms with E-state index in [4.69, 9.17) is 0 Å². The number of thiazole rings is 1. The predicted octanol–water partition coefficient (Wildman–Crippen LogP) is 0.779. The van der Waals surface area contributed by atoms with E-state index in [1.54, 1.807) is 4.40 Å². The molecule has 3 heterocycles.